The molecule has 1 aromatic carbocycles. The summed E-state index contributed by atoms with van der Waals surface area (Å²) in [6.45, 7) is 4.51. The maximum Gasteiger partial charge on any atom is 0.338 e. The van der Waals surface area contributed by atoms with E-state index in [1.165, 1.54) is 0 Å². The highest BCUT2D eigenvalue weighted by Gasteiger charge is 2.18. The predicted molar refractivity (Wildman–Crippen MR) is 75.3 cm³/mol. The normalized spacial score (nSPS) is 11.8. The number of nitrogens with one attached hydrogen (secondary N) is 1. The monoisotopic (exact) mass is 279 g/mol. The number of amides is 1. The van der Waals surface area contributed by atoms with E-state index in [9.17, 15) is 9.59 Å². The molecule has 0 saturated carbocycles. The van der Waals surface area contributed by atoms with E-state index in [0.717, 1.165) is 12.0 Å². The van der Waals surface area contributed by atoms with Crippen LogP contribution in [0, 0.1) is 0 Å². The zero-order chi connectivity index (χ0) is 15.0. The molecule has 5 nitrogen and oxygen atoms in total. The Morgan fingerprint density at radius 3 is 2.75 bits per heavy atom. The molecule has 1 aromatic rings. The molecule has 1 rings (SSSR count). The van der Waals surface area contributed by atoms with E-state index in [1.807, 2.05) is 13.0 Å². The summed E-state index contributed by atoms with van der Waals surface area (Å²) < 4.78 is 10.1. The first-order valence-electron chi connectivity index (χ1n) is 6.65. The topological polar surface area (TPSA) is 64.6 Å². The number of hydrogen-bond donors (Lipinski definition) is 1. The molecule has 1 unspecified atom stereocenters. The van der Waals surface area contributed by atoms with E-state index in [4.69, 9.17) is 9.47 Å². The van der Waals surface area contributed by atoms with Crippen LogP contribution in [0.25, 0.3) is 0 Å². The van der Waals surface area contributed by atoms with Gasteiger partial charge < -0.3 is 14.8 Å². The Hall–Kier alpha value is -1.88. The standard InChI is InChI=1S/C15H21NO4/c1-4-8-16-14(17)11(2)20-15(18)13-7-5-6-12(9-13)10-19-3/h5-7,9,11H,4,8,10H2,1-3H3,(H,16,17). The largest absolute Gasteiger partial charge is 0.449 e. The lowest BCUT2D eigenvalue weighted by Gasteiger charge is -2.13. The van der Waals surface area contributed by atoms with E-state index in [1.54, 1.807) is 32.2 Å². The van der Waals surface area contributed by atoms with Gasteiger partial charge in [-0.15, -0.1) is 0 Å². The average molecular weight is 279 g/mol. The second kappa shape index (κ2) is 8.32. The van der Waals surface area contributed by atoms with Crippen molar-refractivity contribution in [3.63, 3.8) is 0 Å². The summed E-state index contributed by atoms with van der Waals surface area (Å²) in [7, 11) is 1.59. The van der Waals surface area contributed by atoms with Crippen LogP contribution in [0.5, 0.6) is 0 Å². The van der Waals surface area contributed by atoms with Crippen molar-refractivity contribution in [2.75, 3.05) is 13.7 Å². The fraction of sp³-hybridized carbons (Fsp3) is 0.467. The molecule has 0 radical (unpaired) electrons. The van der Waals surface area contributed by atoms with Crippen LogP contribution in [-0.4, -0.2) is 31.6 Å². The number of benzene rings is 1. The summed E-state index contributed by atoms with van der Waals surface area (Å²) in [5.41, 5.74) is 1.29. The van der Waals surface area contributed by atoms with Gasteiger partial charge in [-0.2, -0.15) is 0 Å². The average Bonchev–Trinajstić information content (AvgIpc) is 2.45. The first-order chi connectivity index (χ1) is 9.58. The minimum absolute atomic E-state index is 0.284. The highest BCUT2D eigenvalue weighted by Crippen LogP contribution is 2.09. The van der Waals surface area contributed by atoms with Crippen LogP contribution in [0.15, 0.2) is 24.3 Å². The number of carbonyl (C=O) groups excluding carboxylic acids is 2. The van der Waals surface area contributed by atoms with Gasteiger partial charge >= 0.3 is 5.97 Å². The van der Waals surface area contributed by atoms with Gasteiger partial charge in [0.1, 0.15) is 0 Å². The Kier molecular flexibility index (Phi) is 6.73. The van der Waals surface area contributed by atoms with Crippen molar-refractivity contribution >= 4 is 11.9 Å². The van der Waals surface area contributed by atoms with Gasteiger partial charge in [0.25, 0.3) is 5.91 Å². The minimum atomic E-state index is -0.805. The lowest BCUT2D eigenvalue weighted by atomic mass is 10.1. The molecule has 5 heteroatoms. The maximum absolute atomic E-state index is 11.9. The van der Waals surface area contributed by atoms with E-state index in [0.29, 0.717) is 18.7 Å². The van der Waals surface area contributed by atoms with Gasteiger partial charge in [0.05, 0.1) is 12.2 Å². The molecule has 1 atom stereocenters. The first kappa shape index (κ1) is 16.2. The number of rotatable bonds is 7. The zero-order valence-corrected chi connectivity index (χ0v) is 12.1. The molecule has 0 fully saturated rings. The minimum Gasteiger partial charge on any atom is -0.449 e. The number of carbonyl (C=O) groups is 2. The van der Waals surface area contributed by atoms with Crippen molar-refractivity contribution in [1.82, 2.24) is 5.32 Å². The molecule has 0 aromatic heterocycles. The molecular weight excluding hydrogens is 258 g/mol. The number of ether oxygens (including phenoxy) is 2. The van der Waals surface area contributed by atoms with Crippen LogP contribution >= 0.6 is 0 Å². The third-order valence-corrected chi connectivity index (χ3v) is 2.68. The molecule has 0 aliphatic rings. The molecule has 0 saturated heterocycles. The summed E-state index contributed by atoms with van der Waals surface area (Å²) in [6, 6.07) is 6.96. The molecule has 0 heterocycles. The molecule has 0 spiro atoms. The molecule has 110 valence electrons. The molecule has 0 bridgehead atoms. The van der Waals surface area contributed by atoms with Gasteiger partial charge in [0, 0.05) is 13.7 Å². The van der Waals surface area contributed by atoms with Crippen LogP contribution in [0.3, 0.4) is 0 Å². The van der Waals surface area contributed by atoms with Crippen molar-refractivity contribution in [1.29, 1.82) is 0 Å². The molecule has 20 heavy (non-hydrogen) atoms. The van der Waals surface area contributed by atoms with E-state index < -0.39 is 12.1 Å². The SMILES string of the molecule is CCCNC(=O)C(C)OC(=O)c1cccc(COC)c1. The number of esters is 1. The fourth-order valence-corrected chi connectivity index (χ4v) is 1.63. The van der Waals surface area contributed by atoms with E-state index in [2.05, 4.69) is 5.32 Å². The highest BCUT2D eigenvalue weighted by molar-refractivity contribution is 5.92. The van der Waals surface area contributed by atoms with Gasteiger partial charge in [-0.05, 0) is 31.0 Å². The van der Waals surface area contributed by atoms with Crippen molar-refractivity contribution < 1.29 is 19.1 Å². The van der Waals surface area contributed by atoms with Gasteiger partial charge in [0.15, 0.2) is 6.10 Å². The Balaban J connectivity index is 2.61. The summed E-state index contributed by atoms with van der Waals surface area (Å²) in [4.78, 5) is 23.6. The van der Waals surface area contributed by atoms with Crippen molar-refractivity contribution in [3.8, 4) is 0 Å². The van der Waals surface area contributed by atoms with E-state index >= 15 is 0 Å². The number of methoxy groups -OCH3 is 1. The second-order valence-electron chi connectivity index (χ2n) is 4.47. The lowest BCUT2D eigenvalue weighted by Crippen LogP contribution is -2.36. The Morgan fingerprint density at radius 1 is 1.35 bits per heavy atom. The highest BCUT2D eigenvalue weighted by atomic mass is 16.5. The third-order valence-electron chi connectivity index (χ3n) is 2.68. The van der Waals surface area contributed by atoms with Crippen LogP contribution in [0.1, 0.15) is 36.2 Å². The molecule has 1 amide bonds. The van der Waals surface area contributed by atoms with Crippen LogP contribution in [0.4, 0.5) is 0 Å². The first-order valence-corrected chi connectivity index (χ1v) is 6.65. The molecular formula is C15H21NO4. The van der Waals surface area contributed by atoms with Gasteiger partial charge in [-0.25, -0.2) is 4.79 Å². The fourth-order valence-electron chi connectivity index (χ4n) is 1.63. The van der Waals surface area contributed by atoms with Crippen LogP contribution in [-0.2, 0) is 20.9 Å². The maximum atomic E-state index is 11.9. The molecule has 1 N–H and O–H groups in total. The predicted octanol–water partition coefficient (Wildman–Crippen LogP) is 1.90. The van der Waals surface area contributed by atoms with Gasteiger partial charge in [0.2, 0.25) is 0 Å². The van der Waals surface area contributed by atoms with Crippen LogP contribution < -0.4 is 5.32 Å². The Bertz CT molecular complexity index is 459. The smallest absolute Gasteiger partial charge is 0.338 e. The zero-order valence-electron chi connectivity index (χ0n) is 12.1. The second-order valence-corrected chi connectivity index (χ2v) is 4.47. The van der Waals surface area contributed by atoms with E-state index in [-0.39, 0.29) is 5.91 Å². The van der Waals surface area contributed by atoms with Gasteiger partial charge in [-0.1, -0.05) is 19.1 Å². The third kappa shape index (κ3) is 5.01. The lowest BCUT2D eigenvalue weighted by molar-refractivity contribution is -0.129. The molecule has 0 aliphatic carbocycles. The van der Waals surface area contributed by atoms with Crippen molar-refractivity contribution in [2.45, 2.75) is 33.0 Å². The summed E-state index contributed by atoms with van der Waals surface area (Å²) in [6.07, 6.45) is 0.0333. The summed E-state index contributed by atoms with van der Waals surface area (Å²) in [5, 5.41) is 2.68. The Morgan fingerprint density at radius 2 is 2.10 bits per heavy atom. The van der Waals surface area contributed by atoms with Crippen LogP contribution in [0.2, 0.25) is 0 Å². The quantitative estimate of drug-likeness (QED) is 0.774. The number of hydrogen-bond acceptors (Lipinski definition) is 4. The Labute approximate surface area is 119 Å². The van der Waals surface area contributed by atoms with Crippen molar-refractivity contribution in [3.05, 3.63) is 35.4 Å². The van der Waals surface area contributed by atoms with Crippen molar-refractivity contribution in [2.24, 2.45) is 0 Å². The summed E-state index contributed by atoms with van der Waals surface area (Å²) in [5.74, 6) is -0.796. The summed E-state index contributed by atoms with van der Waals surface area (Å²) >= 11 is 0. The van der Waals surface area contributed by atoms with Gasteiger partial charge in [-0.3, -0.25) is 4.79 Å². The molecule has 0 aliphatic heterocycles.